The molecule has 0 aromatic rings. The zero-order valence-corrected chi connectivity index (χ0v) is 66.4. The minimum Gasteiger partial charge on any atom is -0.462 e. The lowest BCUT2D eigenvalue weighted by molar-refractivity contribution is -0.161. The summed E-state index contributed by atoms with van der Waals surface area (Å²) < 4.78 is 68.7. The molecule has 0 bridgehead atoms. The molecule has 0 fully saturated rings. The number of phosphoric ester groups is 2. The summed E-state index contributed by atoms with van der Waals surface area (Å²) in [6.45, 7) is 7.33. The molecule has 0 radical (unpaired) electrons. The molecule has 0 spiro atoms. The third-order valence-corrected chi connectivity index (χ3v) is 20.7. The summed E-state index contributed by atoms with van der Waals surface area (Å²) >= 11 is 0. The van der Waals surface area contributed by atoms with Gasteiger partial charge in [0, 0.05) is 25.7 Å². The Morgan fingerprint density at radius 2 is 0.465 bits per heavy atom. The van der Waals surface area contributed by atoms with E-state index in [1.807, 2.05) is 0 Å². The Bertz CT molecular complexity index is 1890. The van der Waals surface area contributed by atoms with Gasteiger partial charge in [0.15, 0.2) is 12.2 Å². The molecule has 19 heteroatoms. The van der Waals surface area contributed by atoms with Gasteiger partial charge in [-0.25, -0.2) is 9.13 Å². The maximum atomic E-state index is 13.1. The summed E-state index contributed by atoms with van der Waals surface area (Å²) in [6, 6.07) is 0. The van der Waals surface area contributed by atoms with Crippen molar-refractivity contribution in [1.29, 1.82) is 0 Å². The predicted molar refractivity (Wildman–Crippen MR) is 405 cm³/mol. The number of carbonyl (C=O) groups is 4. The molecule has 3 N–H and O–H groups in total. The summed E-state index contributed by atoms with van der Waals surface area (Å²) in [7, 11) is -9.92. The highest BCUT2D eigenvalue weighted by atomic mass is 31.2. The zero-order chi connectivity index (χ0) is 72.7. The van der Waals surface area contributed by atoms with E-state index < -0.39 is 97.5 Å². The molecule has 99 heavy (non-hydrogen) atoms. The van der Waals surface area contributed by atoms with Crippen LogP contribution in [0.15, 0.2) is 0 Å². The molecule has 0 amide bonds. The van der Waals surface area contributed by atoms with Gasteiger partial charge in [0.05, 0.1) is 26.4 Å². The highest BCUT2D eigenvalue weighted by Gasteiger charge is 2.30. The maximum Gasteiger partial charge on any atom is 0.472 e. The van der Waals surface area contributed by atoms with Crippen LogP contribution >= 0.6 is 15.6 Å². The first-order chi connectivity index (χ1) is 48.0. The van der Waals surface area contributed by atoms with Crippen molar-refractivity contribution < 1.29 is 80.2 Å². The number of unbranched alkanes of at least 4 members (excludes halogenated alkanes) is 52. The normalized spacial score (nSPS) is 13.9. The smallest absolute Gasteiger partial charge is 0.462 e. The van der Waals surface area contributed by atoms with Gasteiger partial charge in [-0.2, -0.15) is 0 Å². The number of hydrogen-bond donors (Lipinski definition) is 3. The van der Waals surface area contributed by atoms with Crippen molar-refractivity contribution in [2.75, 3.05) is 39.6 Å². The highest BCUT2D eigenvalue weighted by Crippen LogP contribution is 2.45. The summed E-state index contributed by atoms with van der Waals surface area (Å²) in [5.41, 5.74) is 0. The number of hydrogen-bond acceptors (Lipinski definition) is 15. The summed E-state index contributed by atoms with van der Waals surface area (Å²) in [4.78, 5) is 73.0. The van der Waals surface area contributed by atoms with Gasteiger partial charge in [-0.15, -0.1) is 0 Å². The average molecular weight is 1450 g/mol. The van der Waals surface area contributed by atoms with E-state index in [1.54, 1.807) is 0 Å². The first-order valence-corrected chi connectivity index (χ1v) is 44.6. The predicted octanol–water partition coefficient (Wildman–Crippen LogP) is 24.0. The van der Waals surface area contributed by atoms with E-state index in [1.165, 1.54) is 250 Å². The fourth-order valence-corrected chi connectivity index (χ4v) is 14.0. The van der Waals surface area contributed by atoms with Gasteiger partial charge < -0.3 is 33.8 Å². The van der Waals surface area contributed by atoms with E-state index in [0.717, 1.165) is 95.8 Å². The van der Waals surface area contributed by atoms with Crippen LogP contribution in [0, 0.1) is 5.92 Å². The molecule has 2 unspecified atom stereocenters. The molecular weight excluding hydrogens is 1290 g/mol. The molecule has 588 valence electrons. The van der Waals surface area contributed by atoms with Crippen LogP contribution in [0.25, 0.3) is 0 Å². The van der Waals surface area contributed by atoms with Crippen LogP contribution in [-0.2, 0) is 65.4 Å². The van der Waals surface area contributed by atoms with Gasteiger partial charge in [0.1, 0.15) is 19.3 Å². The van der Waals surface area contributed by atoms with Crippen LogP contribution in [0.3, 0.4) is 0 Å². The van der Waals surface area contributed by atoms with Crippen molar-refractivity contribution >= 4 is 39.5 Å². The molecule has 0 aliphatic heterocycles. The van der Waals surface area contributed by atoms with Crippen LogP contribution in [-0.4, -0.2) is 96.7 Å². The third-order valence-electron chi connectivity index (χ3n) is 18.8. The first kappa shape index (κ1) is 97.1. The molecule has 0 rings (SSSR count). The fourth-order valence-electron chi connectivity index (χ4n) is 12.4. The molecule has 0 aliphatic rings. The quantitative estimate of drug-likeness (QED) is 0.0222. The standard InChI is InChI=1S/C80H156O17P2/c1-6-9-12-15-18-21-24-26-28-29-30-31-33-35-41-46-51-56-61-66-80(85)97-76(70-91-78(83)64-59-54-49-44-39-37-36-38-42-47-52-57-62-73(4)5)72-95-99(88,89)93-68-74(81)67-92-98(86,87)94-71-75(69-90-77(82)63-58-53-48-43-23-20-17-14-11-8-3)96-79(84)65-60-55-50-45-40-34-32-27-25-22-19-16-13-10-7-2/h73-76,81H,6-72H2,1-5H3,(H,86,87)(H,88,89)/t74-,75+,76+/m0/s1. The number of phosphoric acid groups is 2. The Hall–Kier alpha value is -1.94. The minimum absolute atomic E-state index is 0.109. The maximum absolute atomic E-state index is 13.1. The second-order valence-corrected chi connectivity index (χ2v) is 32.2. The lowest BCUT2D eigenvalue weighted by Gasteiger charge is -2.21. The van der Waals surface area contributed by atoms with Crippen molar-refractivity contribution in [2.24, 2.45) is 5.92 Å². The molecule has 0 saturated heterocycles. The Morgan fingerprint density at radius 3 is 0.687 bits per heavy atom. The first-order valence-electron chi connectivity index (χ1n) is 41.6. The summed E-state index contributed by atoms with van der Waals surface area (Å²) in [6.07, 6.45) is 63.7. The fraction of sp³-hybridized carbons (Fsp3) is 0.950. The Kier molecular flexibility index (Phi) is 71.6. The molecular formula is C80H156O17P2. The van der Waals surface area contributed by atoms with Crippen LogP contribution in [0.5, 0.6) is 0 Å². The molecule has 0 aromatic carbocycles. The number of ether oxygens (including phenoxy) is 4. The largest absolute Gasteiger partial charge is 0.472 e. The van der Waals surface area contributed by atoms with E-state index in [-0.39, 0.29) is 25.7 Å². The number of aliphatic hydroxyl groups excluding tert-OH is 1. The minimum atomic E-state index is -4.96. The van der Waals surface area contributed by atoms with Crippen molar-refractivity contribution in [1.82, 2.24) is 0 Å². The molecule has 0 heterocycles. The van der Waals surface area contributed by atoms with Gasteiger partial charge in [-0.05, 0) is 31.6 Å². The Morgan fingerprint density at radius 1 is 0.273 bits per heavy atom. The van der Waals surface area contributed by atoms with E-state index in [0.29, 0.717) is 25.7 Å². The highest BCUT2D eigenvalue weighted by molar-refractivity contribution is 7.47. The number of carbonyl (C=O) groups excluding carboxylic acids is 4. The summed E-state index contributed by atoms with van der Waals surface area (Å²) in [5, 5.41) is 10.6. The van der Waals surface area contributed by atoms with E-state index in [4.69, 9.17) is 37.0 Å². The molecule has 17 nitrogen and oxygen atoms in total. The lowest BCUT2D eigenvalue weighted by atomic mass is 10.0. The molecule has 0 aliphatic carbocycles. The number of aliphatic hydroxyl groups is 1. The Labute approximate surface area is 607 Å². The summed E-state index contributed by atoms with van der Waals surface area (Å²) in [5.74, 6) is -1.32. The Balaban J connectivity index is 5.23. The van der Waals surface area contributed by atoms with Crippen LogP contribution in [0.2, 0.25) is 0 Å². The van der Waals surface area contributed by atoms with Gasteiger partial charge in [-0.1, -0.05) is 375 Å². The number of rotatable bonds is 80. The van der Waals surface area contributed by atoms with E-state index in [9.17, 15) is 43.2 Å². The van der Waals surface area contributed by atoms with E-state index >= 15 is 0 Å². The van der Waals surface area contributed by atoms with Crippen LogP contribution in [0.1, 0.15) is 426 Å². The van der Waals surface area contributed by atoms with Crippen LogP contribution in [0.4, 0.5) is 0 Å². The molecule has 0 saturated carbocycles. The lowest BCUT2D eigenvalue weighted by Crippen LogP contribution is -2.30. The van der Waals surface area contributed by atoms with Gasteiger partial charge >= 0.3 is 39.5 Å². The van der Waals surface area contributed by atoms with Crippen LogP contribution < -0.4 is 0 Å². The van der Waals surface area contributed by atoms with Crippen molar-refractivity contribution in [2.45, 2.75) is 445 Å². The van der Waals surface area contributed by atoms with E-state index in [2.05, 4.69) is 34.6 Å². The molecule has 0 aromatic heterocycles. The monoisotopic (exact) mass is 1450 g/mol. The second kappa shape index (κ2) is 73.0. The average Bonchev–Trinajstić information content (AvgIpc) is 2.04. The van der Waals surface area contributed by atoms with Gasteiger partial charge in [0.2, 0.25) is 0 Å². The van der Waals surface area contributed by atoms with Crippen molar-refractivity contribution in [3.8, 4) is 0 Å². The third kappa shape index (κ3) is 74.1. The number of esters is 4. The zero-order valence-electron chi connectivity index (χ0n) is 64.6. The van der Waals surface area contributed by atoms with Crippen molar-refractivity contribution in [3.63, 3.8) is 0 Å². The van der Waals surface area contributed by atoms with Gasteiger partial charge in [-0.3, -0.25) is 37.3 Å². The topological polar surface area (TPSA) is 237 Å². The second-order valence-electron chi connectivity index (χ2n) is 29.3. The SMILES string of the molecule is CCCCCCCCCCCCCCCCCCCCCC(=O)O[C@H](COC(=O)CCCCCCCCCCCCCCC(C)C)COP(=O)(O)OC[C@@H](O)COP(=O)(O)OC[C@@H](COC(=O)CCCCCCCCCCCC)OC(=O)CCCCCCCCCCCCCCCCC. The van der Waals surface area contributed by atoms with Crippen molar-refractivity contribution in [3.05, 3.63) is 0 Å². The molecule has 5 atom stereocenters. The van der Waals surface area contributed by atoms with Gasteiger partial charge in [0.25, 0.3) is 0 Å².